The summed E-state index contributed by atoms with van der Waals surface area (Å²) in [5.41, 5.74) is 0. The maximum absolute atomic E-state index is 11.4. The lowest BCUT2D eigenvalue weighted by molar-refractivity contribution is 0.465. The molecule has 2 aromatic carbocycles. The normalized spacial score (nSPS) is 9.12. The van der Waals surface area contributed by atoms with E-state index in [1.807, 2.05) is 60.7 Å². The first kappa shape index (κ1) is 13.1. The summed E-state index contributed by atoms with van der Waals surface area (Å²) in [6, 6.07) is 19.1. The second-order valence-electron chi connectivity index (χ2n) is 2.83. The second-order valence-corrected chi connectivity index (χ2v) is 4.17. The molecule has 0 saturated heterocycles. The van der Waals surface area contributed by atoms with E-state index >= 15 is 0 Å². The number of hydrogen-bond donors (Lipinski definition) is 2. The fourth-order valence-corrected chi connectivity index (χ4v) is 1.52. The van der Waals surface area contributed by atoms with Crippen LogP contribution in [-0.4, -0.2) is 0 Å². The topological polar surface area (TPSA) is 12.0 Å². The zero-order valence-corrected chi connectivity index (χ0v) is 10.2. The maximum Gasteiger partial charge on any atom is 0.0252 e. The Hall–Kier alpha value is -0.970. The summed E-state index contributed by atoms with van der Waals surface area (Å²) in [5.74, 6) is 0. The Bertz CT molecular complexity index is 381. The Balaban J connectivity index is 0.000000165. The van der Waals surface area contributed by atoms with E-state index in [0.717, 1.165) is 21.7 Å². The van der Waals surface area contributed by atoms with E-state index in [2.05, 4.69) is 12.6 Å². The molecule has 0 aliphatic rings. The number of halogens is 1. The van der Waals surface area contributed by atoms with E-state index in [9.17, 15) is 4.48 Å². The highest BCUT2D eigenvalue weighted by Gasteiger charge is 1.86. The predicted molar refractivity (Wildman–Crippen MR) is 70.2 cm³/mol. The van der Waals surface area contributed by atoms with Gasteiger partial charge in [-0.25, -0.2) is 0 Å². The predicted octanol–water partition coefficient (Wildman–Crippen LogP) is 4.14. The monoisotopic (exact) mass is 253 g/mol. The van der Waals surface area contributed by atoms with Gasteiger partial charge < -0.3 is 0 Å². The molecule has 0 radical (unpaired) electrons. The van der Waals surface area contributed by atoms with Crippen molar-refractivity contribution in [1.82, 2.24) is 4.94 Å². The molecule has 0 heterocycles. The maximum atomic E-state index is 11.4. The van der Waals surface area contributed by atoms with Crippen molar-refractivity contribution in [3.05, 3.63) is 60.7 Å². The van der Waals surface area contributed by atoms with Crippen molar-refractivity contribution < 1.29 is 4.48 Å². The largest absolute Gasteiger partial charge is 0.143 e. The summed E-state index contributed by atoms with van der Waals surface area (Å²) >= 11 is 5.04. The molecule has 84 valence electrons. The van der Waals surface area contributed by atoms with Crippen LogP contribution in [0.3, 0.4) is 0 Å². The van der Waals surface area contributed by atoms with E-state index in [0.29, 0.717) is 0 Å². The molecule has 0 unspecified atom stereocenters. The zero-order valence-electron chi connectivity index (χ0n) is 8.51. The third kappa shape index (κ3) is 5.80. The van der Waals surface area contributed by atoms with Crippen LogP contribution in [0.5, 0.6) is 0 Å². The fourth-order valence-electron chi connectivity index (χ4n) is 0.961. The molecule has 16 heavy (non-hydrogen) atoms. The van der Waals surface area contributed by atoms with Crippen LogP contribution in [0, 0.1) is 0 Å². The van der Waals surface area contributed by atoms with Gasteiger partial charge in [0.15, 0.2) is 0 Å². The SMILES string of the molecule is FNSc1ccccc1.Sc1ccccc1. The highest BCUT2D eigenvalue weighted by Crippen LogP contribution is 2.12. The van der Waals surface area contributed by atoms with Gasteiger partial charge in [-0.2, -0.15) is 0 Å². The molecular formula is C12H12FNS2. The lowest BCUT2D eigenvalue weighted by atomic mass is 10.4. The van der Waals surface area contributed by atoms with Crippen molar-refractivity contribution in [3.63, 3.8) is 0 Å². The van der Waals surface area contributed by atoms with Crippen molar-refractivity contribution in [2.45, 2.75) is 9.79 Å². The van der Waals surface area contributed by atoms with Crippen LogP contribution >= 0.6 is 24.6 Å². The highest BCUT2D eigenvalue weighted by atomic mass is 32.2. The number of benzene rings is 2. The van der Waals surface area contributed by atoms with Gasteiger partial charge in [-0.1, -0.05) is 41.3 Å². The molecule has 0 atom stereocenters. The smallest absolute Gasteiger partial charge is 0.0252 e. The van der Waals surface area contributed by atoms with Crippen LogP contribution in [0.15, 0.2) is 70.5 Å². The molecule has 0 aliphatic heterocycles. The highest BCUT2D eigenvalue weighted by molar-refractivity contribution is 7.97. The average molecular weight is 253 g/mol. The van der Waals surface area contributed by atoms with Gasteiger partial charge in [-0.3, -0.25) is 0 Å². The third-order valence-corrected chi connectivity index (χ3v) is 2.54. The Morgan fingerprint density at radius 2 is 1.38 bits per heavy atom. The van der Waals surface area contributed by atoms with E-state index < -0.39 is 0 Å². The third-order valence-electron chi connectivity index (χ3n) is 1.66. The van der Waals surface area contributed by atoms with E-state index in [1.54, 1.807) is 0 Å². The fraction of sp³-hybridized carbons (Fsp3) is 0. The number of hydrogen-bond acceptors (Lipinski definition) is 3. The quantitative estimate of drug-likeness (QED) is 0.474. The molecule has 0 saturated carbocycles. The standard InChI is InChI=1S/C6H6FNS.C6H6S/c7-8-9-6-4-2-1-3-5-6;7-6-4-2-1-3-5-6/h1-5,8H;1-5,7H. The van der Waals surface area contributed by atoms with Gasteiger partial charge in [-0.05, 0) is 36.2 Å². The lowest BCUT2D eigenvalue weighted by Gasteiger charge is -1.91. The Morgan fingerprint density at radius 1 is 0.875 bits per heavy atom. The summed E-state index contributed by atoms with van der Waals surface area (Å²) in [7, 11) is 0. The first-order valence-electron chi connectivity index (χ1n) is 4.64. The lowest BCUT2D eigenvalue weighted by Crippen LogP contribution is -1.81. The zero-order chi connectivity index (χ0) is 11.6. The molecule has 0 aromatic heterocycles. The van der Waals surface area contributed by atoms with Crippen molar-refractivity contribution in [2.75, 3.05) is 0 Å². The summed E-state index contributed by atoms with van der Waals surface area (Å²) in [6.45, 7) is 0. The summed E-state index contributed by atoms with van der Waals surface area (Å²) in [4.78, 5) is 3.39. The van der Waals surface area contributed by atoms with Crippen LogP contribution in [0.4, 0.5) is 4.48 Å². The van der Waals surface area contributed by atoms with Gasteiger partial charge in [0.1, 0.15) is 0 Å². The van der Waals surface area contributed by atoms with E-state index in [4.69, 9.17) is 0 Å². The van der Waals surface area contributed by atoms with E-state index in [-0.39, 0.29) is 0 Å². The van der Waals surface area contributed by atoms with Gasteiger partial charge in [0.05, 0.1) is 0 Å². The van der Waals surface area contributed by atoms with Crippen molar-refractivity contribution in [2.24, 2.45) is 0 Å². The molecule has 0 spiro atoms. The second kappa shape index (κ2) is 8.21. The van der Waals surface area contributed by atoms with Crippen molar-refractivity contribution >= 4 is 24.6 Å². The number of thiol groups is 1. The first-order valence-corrected chi connectivity index (χ1v) is 5.91. The van der Waals surface area contributed by atoms with Crippen LogP contribution in [0.25, 0.3) is 0 Å². The van der Waals surface area contributed by atoms with Gasteiger partial charge in [-0.15, -0.1) is 17.1 Å². The Kier molecular flexibility index (Phi) is 6.72. The molecule has 0 amide bonds. The summed E-state index contributed by atoms with van der Waals surface area (Å²) in [5, 5.41) is 0. The molecule has 0 aliphatic carbocycles. The number of rotatable bonds is 2. The molecule has 1 nitrogen and oxygen atoms in total. The van der Waals surface area contributed by atoms with Crippen LogP contribution in [0.2, 0.25) is 0 Å². The summed E-state index contributed by atoms with van der Waals surface area (Å²) in [6.07, 6.45) is 0. The minimum absolute atomic E-state index is 0.875. The van der Waals surface area contributed by atoms with Gasteiger partial charge in [0.2, 0.25) is 0 Å². The minimum Gasteiger partial charge on any atom is -0.143 e. The summed E-state index contributed by atoms with van der Waals surface area (Å²) < 4.78 is 11.4. The van der Waals surface area contributed by atoms with Crippen LogP contribution in [0.1, 0.15) is 0 Å². The van der Waals surface area contributed by atoms with E-state index in [1.165, 1.54) is 4.94 Å². The Morgan fingerprint density at radius 3 is 1.75 bits per heavy atom. The average Bonchev–Trinajstić information content (AvgIpc) is 2.33. The Labute approximate surface area is 105 Å². The molecule has 0 bridgehead atoms. The first-order chi connectivity index (χ1) is 7.83. The van der Waals surface area contributed by atoms with Gasteiger partial charge in [0, 0.05) is 9.79 Å². The molecular weight excluding hydrogens is 241 g/mol. The number of nitrogens with one attached hydrogen (secondary N) is 1. The minimum atomic E-state index is 0.875. The molecule has 0 fully saturated rings. The van der Waals surface area contributed by atoms with Crippen molar-refractivity contribution in [3.8, 4) is 0 Å². The van der Waals surface area contributed by atoms with Crippen LogP contribution in [-0.2, 0) is 0 Å². The molecule has 4 heteroatoms. The van der Waals surface area contributed by atoms with Gasteiger partial charge >= 0.3 is 0 Å². The van der Waals surface area contributed by atoms with Crippen molar-refractivity contribution in [1.29, 1.82) is 0 Å². The van der Waals surface area contributed by atoms with Crippen LogP contribution < -0.4 is 4.94 Å². The molecule has 2 rings (SSSR count). The molecule has 1 N–H and O–H groups in total. The van der Waals surface area contributed by atoms with Gasteiger partial charge in [0.25, 0.3) is 0 Å². The molecule has 2 aromatic rings.